The number of carbonyl (C=O) groups excluding carboxylic acids is 1. The normalized spacial score (nSPS) is 11.3. The van der Waals surface area contributed by atoms with Crippen molar-refractivity contribution in [3.8, 4) is 5.75 Å². The fourth-order valence-corrected chi connectivity index (χ4v) is 3.32. The lowest BCUT2D eigenvalue weighted by Gasteiger charge is -2.10. The van der Waals surface area contributed by atoms with Gasteiger partial charge < -0.3 is 14.6 Å². The summed E-state index contributed by atoms with van der Waals surface area (Å²) >= 11 is 2.05. The van der Waals surface area contributed by atoms with E-state index >= 15 is 0 Å². The number of ether oxygens (including phenoxy) is 1. The smallest absolute Gasteiger partial charge is 0.275 e. The molecule has 1 amide bonds. The minimum atomic E-state index is -0.244. The molecule has 1 atom stereocenters. The van der Waals surface area contributed by atoms with Crippen LogP contribution in [0.5, 0.6) is 5.75 Å². The van der Waals surface area contributed by atoms with E-state index in [-0.39, 0.29) is 12.4 Å². The molecular formula is C19H21IN3O3P. The minimum Gasteiger partial charge on any atom is -0.492 e. The van der Waals surface area contributed by atoms with E-state index in [1.807, 2.05) is 49.6 Å². The molecule has 0 saturated heterocycles. The summed E-state index contributed by atoms with van der Waals surface area (Å²) in [4.78, 5) is 12.1. The third-order valence-electron chi connectivity index (χ3n) is 4.10. The molecule has 0 aliphatic heterocycles. The first kappa shape index (κ1) is 20.1. The lowest BCUT2D eigenvalue weighted by molar-refractivity contribution is 0.0795. The molecule has 0 bridgehead atoms. The van der Waals surface area contributed by atoms with Crippen LogP contribution in [0.3, 0.4) is 0 Å². The molecule has 1 unspecified atom stereocenters. The molecule has 0 spiro atoms. The molecular weight excluding hydrogens is 476 g/mol. The Hall–Kier alpha value is -1.67. The van der Waals surface area contributed by atoms with Gasteiger partial charge >= 0.3 is 0 Å². The molecule has 0 saturated carbocycles. The van der Waals surface area contributed by atoms with E-state index in [1.165, 1.54) is 5.56 Å². The number of nitrogens with zero attached hydrogens (tertiary/aromatic N) is 1. The van der Waals surface area contributed by atoms with Crippen molar-refractivity contribution in [1.82, 2.24) is 15.4 Å². The standard InChI is InChI=1S/C19H21IN3O3P/c1-21-13-14-3-2-4-17(11-14)25-10-9-23-8-7-15-5-6-16(12-18(15)23)19(24)22-26-27-20/h2-8,11-12,21,27H,9-10,13H2,1H3,(H,22,24). The molecule has 0 aliphatic carbocycles. The van der Waals surface area contributed by atoms with Crippen molar-refractivity contribution in [1.29, 1.82) is 0 Å². The number of amides is 1. The minimum absolute atomic E-state index is 0.178. The summed E-state index contributed by atoms with van der Waals surface area (Å²) in [6.07, 6.45) is 2.01. The molecule has 8 heteroatoms. The van der Waals surface area contributed by atoms with E-state index in [4.69, 9.17) is 9.36 Å². The van der Waals surface area contributed by atoms with E-state index in [2.05, 4.69) is 43.5 Å². The molecule has 1 heterocycles. The Bertz CT molecular complexity index is 916. The number of carbonyl (C=O) groups is 1. The van der Waals surface area contributed by atoms with Gasteiger partial charge in [0, 0.05) is 23.8 Å². The summed E-state index contributed by atoms with van der Waals surface area (Å²) in [5.41, 5.74) is 5.18. The molecule has 3 aromatic rings. The molecule has 2 N–H and O–H groups in total. The number of fused-ring (bicyclic) bond motifs is 1. The number of hydrogen-bond donors (Lipinski definition) is 2. The van der Waals surface area contributed by atoms with Gasteiger partial charge in [-0.25, -0.2) is 10.1 Å². The monoisotopic (exact) mass is 497 g/mol. The first-order valence-electron chi connectivity index (χ1n) is 8.48. The van der Waals surface area contributed by atoms with Crippen molar-refractivity contribution in [2.45, 2.75) is 13.1 Å². The van der Waals surface area contributed by atoms with E-state index in [9.17, 15) is 4.79 Å². The zero-order valence-electron chi connectivity index (χ0n) is 14.9. The summed E-state index contributed by atoms with van der Waals surface area (Å²) < 4.78 is 13.0. The highest BCUT2D eigenvalue weighted by Gasteiger charge is 2.09. The van der Waals surface area contributed by atoms with Gasteiger partial charge in [-0.1, -0.05) is 18.2 Å². The first-order valence-corrected chi connectivity index (χ1v) is 12.5. The van der Waals surface area contributed by atoms with E-state index in [0.717, 1.165) is 23.2 Å². The second kappa shape index (κ2) is 10.0. The van der Waals surface area contributed by atoms with E-state index in [1.54, 1.807) is 6.07 Å². The summed E-state index contributed by atoms with van der Waals surface area (Å²) in [5.74, 6) is 0.613. The number of hydrogen-bond acceptors (Lipinski definition) is 4. The second-order valence-corrected chi connectivity index (χ2v) is 7.60. The summed E-state index contributed by atoms with van der Waals surface area (Å²) in [7, 11) is 1.92. The molecule has 0 aliphatic rings. The Labute approximate surface area is 172 Å². The van der Waals surface area contributed by atoms with Crippen LogP contribution in [-0.2, 0) is 17.7 Å². The van der Waals surface area contributed by atoms with Crippen molar-refractivity contribution in [3.63, 3.8) is 0 Å². The van der Waals surface area contributed by atoms with Gasteiger partial charge in [0.15, 0.2) is 0 Å². The largest absolute Gasteiger partial charge is 0.492 e. The molecule has 27 heavy (non-hydrogen) atoms. The fraction of sp³-hybridized carbons (Fsp3) is 0.211. The molecule has 0 fully saturated rings. The highest BCUT2D eigenvalue weighted by atomic mass is 127. The molecule has 6 nitrogen and oxygen atoms in total. The van der Waals surface area contributed by atoms with Crippen LogP contribution in [0, 0.1) is 0 Å². The highest BCUT2D eigenvalue weighted by Crippen LogP contribution is 2.21. The van der Waals surface area contributed by atoms with Gasteiger partial charge in [-0.2, -0.15) is 0 Å². The Morgan fingerprint density at radius 3 is 2.93 bits per heavy atom. The van der Waals surface area contributed by atoms with Gasteiger partial charge in [0.2, 0.25) is 0 Å². The van der Waals surface area contributed by atoms with Gasteiger partial charge in [0.25, 0.3) is 5.91 Å². The van der Waals surface area contributed by atoms with Crippen LogP contribution in [0.15, 0.2) is 54.7 Å². The Balaban J connectivity index is 1.66. The quantitative estimate of drug-likeness (QED) is 0.266. The Morgan fingerprint density at radius 2 is 2.11 bits per heavy atom. The van der Waals surface area contributed by atoms with Gasteiger partial charge in [-0.15, -0.1) is 0 Å². The van der Waals surface area contributed by atoms with Crippen LogP contribution < -0.4 is 15.5 Å². The van der Waals surface area contributed by atoms with E-state index in [0.29, 0.717) is 18.7 Å². The lowest BCUT2D eigenvalue weighted by Crippen LogP contribution is -2.20. The topological polar surface area (TPSA) is 64.5 Å². The maximum absolute atomic E-state index is 12.1. The Morgan fingerprint density at radius 1 is 1.22 bits per heavy atom. The SMILES string of the molecule is CNCc1cccc(OCCn2ccc3ccc(C(=O)NOPI)cc32)c1. The Kier molecular flexibility index (Phi) is 7.46. The summed E-state index contributed by atoms with van der Waals surface area (Å²) in [6, 6.07) is 15.7. The molecule has 142 valence electrons. The molecule has 0 radical (unpaired) electrons. The predicted molar refractivity (Wildman–Crippen MR) is 118 cm³/mol. The van der Waals surface area contributed by atoms with Crippen molar-refractivity contribution >= 4 is 45.3 Å². The van der Waals surface area contributed by atoms with Crippen LogP contribution >= 0.6 is 28.5 Å². The second-order valence-electron chi connectivity index (χ2n) is 5.92. The number of halogens is 1. The van der Waals surface area contributed by atoms with E-state index < -0.39 is 0 Å². The van der Waals surface area contributed by atoms with Crippen molar-refractivity contribution in [2.75, 3.05) is 13.7 Å². The number of hydroxylamine groups is 1. The zero-order chi connectivity index (χ0) is 19.1. The van der Waals surface area contributed by atoms with Gasteiger partial charge in [-0.05, 0) is 70.4 Å². The zero-order valence-corrected chi connectivity index (χ0v) is 18.0. The third-order valence-corrected chi connectivity index (χ3v) is 4.94. The lowest BCUT2D eigenvalue weighted by atomic mass is 10.1. The van der Waals surface area contributed by atoms with Crippen LogP contribution in [0.2, 0.25) is 0 Å². The van der Waals surface area contributed by atoms with Crippen LogP contribution in [-0.4, -0.2) is 24.1 Å². The number of rotatable bonds is 9. The predicted octanol–water partition coefficient (Wildman–Crippen LogP) is 4.04. The molecule has 1 aromatic heterocycles. The molecule has 2 aromatic carbocycles. The maximum Gasteiger partial charge on any atom is 0.275 e. The number of aromatic nitrogens is 1. The van der Waals surface area contributed by atoms with Gasteiger partial charge in [0.1, 0.15) is 18.8 Å². The summed E-state index contributed by atoms with van der Waals surface area (Å²) in [5, 5.41) is 4.22. The van der Waals surface area contributed by atoms with Gasteiger partial charge in [-0.3, -0.25) is 4.79 Å². The highest BCUT2D eigenvalue weighted by molar-refractivity contribution is 14.2. The third kappa shape index (κ3) is 5.42. The maximum atomic E-state index is 12.1. The first-order chi connectivity index (χ1) is 13.2. The average Bonchev–Trinajstić information content (AvgIpc) is 3.09. The number of benzene rings is 2. The summed E-state index contributed by atoms with van der Waals surface area (Å²) in [6.45, 7) is 2.22. The van der Waals surface area contributed by atoms with Crippen molar-refractivity contribution < 1.29 is 14.2 Å². The van der Waals surface area contributed by atoms with Crippen LogP contribution in [0.4, 0.5) is 0 Å². The molecule has 3 rings (SSSR count). The van der Waals surface area contributed by atoms with Crippen LogP contribution in [0.25, 0.3) is 10.9 Å². The van der Waals surface area contributed by atoms with Crippen molar-refractivity contribution in [2.24, 2.45) is 0 Å². The van der Waals surface area contributed by atoms with Gasteiger partial charge in [0.05, 0.1) is 6.54 Å². The average molecular weight is 497 g/mol. The van der Waals surface area contributed by atoms with Crippen LogP contribution in [0.1, 0.15) is 15.9 Å². The van der Waals surface area contributed by atoms with Crippen molar-refractivity contribution in [3.05, 3.63) is 65.9 Å². The number of nitrogens with one attached hydrogen (secondary N) is 2. The fourth-order valence-electron chi connectivity index (χ4n) is 2.86.